The van der Waals surface area contributed by atoms with E-state index in [0.717, 1.165) is 0 Å². The van der Waals surface area contributed by atoms with Crippen LogP contribution in [0.4, 0.5) is 30.5 Å². The van der Waals surface area contributed by atoms with E-state index in [2.05, 4.69) is 22.0 Å². The van der Waals surface area contributed by atoms with Crippen LogP contribution in [0.1, 0.15) is 28.4 Å². The topological polar surface area (TPSA) is 122 Å². The summed E-state index contributed by atoms with van der Waals surface area (Å²) in [5.41, 5.74) is 9.67. The number of anilines is 3. The molecule has 0 radical (unpaired) electrons. The van der Waals surface area contributed by atoms with Gasteiger partial charge in [-0.1, -0.05) is 18.7 Å². The summed E-state index contributed by atoms with van der Waals surface area (Å²) in [7, 11) is 1.69. The summed E-state index contributed by atoms with van der Waals surface area (Å²) in [4.78, 5) is 16.3. The average molecular weight is 457 g/mol. The molecule has 1 heterocycles. The van der Waals surface area contributed by atoms with Crippen molar-refractivity contribution in [2.24, 2.45) is 7.05 Å². The monoisotopic (exact) mass is 457 g/mol. The highest BCUT2D eigenvalue weighted by molar-refractivity contribution is 5.97. The van der Waals surface area contributed by atoms with Crippen LogP contribution in [0.5, 0.6) is 0 Å². The highest BCUT2D eigenvalue weighted by Gasteiger charge is 2.28. The van der Waals surface area contributed by atoms with Crippen LogP contribution >= 0.6 is 0 Å². The molecule has 1 aromatic heterocycles. The van der Waals surface area contributed by atoms with E-state index >= 15 is 0 Å². The fourth-order valence-electron chi connectivity index (χ4n) is 3.14. The molecule has 33 heavy (non-hydrogen) atoms. The Morgan fingerprint density at radius 1 is 1.24 bits per heavy atom. The number of aromatic nitrogens is 3. The van der Waals surface area contributed by atoms with Gasteiger partial charge in [0.1, 0.15) is 6.54 Å². The van der Waals surface area contributed by atoms with E-state index in [0.29, 0.717) is 45.4 Å². The largest absolute Gasteiger partial charge is 0.405 e. The molecular weight excluding hydrogens is 435 g/mol. The number of allylic oxidation sites excluding steroid dienone is 1. The van der Waals surface area contributed by atoms with Crippen LogP contribution in [0.2, 0.25) is 0 Å². The average Bonchev–Trinajstić information content (AvgIpc) is 3.12. The Hall–Kier alpha value is -4.15. The molecule has 0 spiro atoms. The number of nitrogens with two attached hydrogens (primary N) is 1. The third-order valence-corrected chi connectivity index (χ3v) is 4.71. The van der Waals surface area contributed by atoms with Crippen molar-refractivity contribution in [3.63, 3.8) is 0 Å². The zero-order valence-corrected chi connectivity index (χ0v) is 17.9. The summed E-state index contributed by atoms with van der Waals surface area (Å²) >= 11 is 0. The van der Waals surface area contributed by atoms with Gasteiger partial charge >= 0.3 is 6.18 Å². The SMILES string of the molecule is C=C(C)c1c(Nc2nc(-c3ccc(C(=O)NCC(F)(F)F)cc3)nn2C)ccc(N)c1C=N. The Kier molecular flexibility index (Phi) is 6.52. The number of aryl methyl sites for hydroxylation is 1. The van der Waals surface area contributed by atoms with Gasteiger partial charge in [-0.25, -0.2) is 4.68 Å². The molecule has 0 atom stereocenters. The third-order valence-electron chi connectivity index (χ3n) is 4.71. The second kappa shape index (κ2) is 9.15. The Labute approximate surface area is 187 Å². The number of carbonyl (C=O) groups is 1. The summed E-state index contributed by atoms with van der Waals surface area (Å²) in [5, 5.41) is 17.0. The number of benzene rings is 2. The first kappa shape index (κ1) is 23.5. The lowest BCUT2D eigenvalue weighted by Gasteiger charge is -2.15. The second-order valence-corrected chi connectivity index (χ2v) is 7.30. The van der Waals surface area contributed by atoms with E-state index in [9.17, 15) is 18.0 Å². The van der Waals surface area contributed by atoms with Crippen molar-refractivity contribution in [1.29, 1.82) is 5.41 Å². The van der Waals surface area contributed by atoms with E-state index in [1.165, 1.54) is 23.0 Å². The Morgan fingerprint density at radius 2 is 1.91 bits per heavy atom. The zero-order chi connectivity index (χ0) is 24.3. The van der Waals surface area contributed by atoms with Gasteiger partial charge < -0.3 is 21.8 Å². The van der Waals surface area contributed by atoms with Crippen molar-refractivity contribution in [2.75, 3.05) is 17.6 Å². The highest BCUT2D eigenvalue weighted by Crippen LogP contribution is 2.32. The molecule has 0 aliphatic heterocycles. The number of nitrogens with one attached hydrogen (secondary N) is 3. The smallest absolute Gasteiger partial charge is 0.398 e. The van der Waals surface area contributed by atoms with Gasteiger partial charge in [-0.15, -0.1) is 5.10 Å². The second-order valence-electron chi connectivity index (χ2n) is 7.30. The predicted molar refractivity (Wildman–Crippen MR) is 122 cm³/mol. The number of nitrogen functional groups attached to an aromatic ring is 1. The molecule has 0 fully saturated rings. The minimum Gasteiger partial charge on any atom is -0.398 e. The van der Waals surface area contributed by atoms with E-state index < -0.39 is 18.6 Å². The molecule has 0 bridgehead atoms. The third kappa shape index (κ3) is 5.37. The molecule has 0 saturated heterocycles. The lowest BCUT2D eigenvalue weighted by atomic mass is 9.98. The van der Waals surface area contributed by atoms with Gasteiger partial charge in [0.05, 0.1) is 0 Å². The fourth-order valence-corrected chi connectivity index (χ4v) is 3.14. The lowest BCUT2D eigenvalue weighted by Crippen LogP contribution is -2.33. The number of hydrogen-bond acceptors (Lipinski definition) is 6. The van der Waals surface area contributed by atoms with E-state index in [1.54, 1.807) is 31.3 Å². The van der Waals surface area contributed by atoms with Crippen molar-refractivity contribution in [3.05, 3.63) is 59.7 Å². The molecule has 0 aliphatic rings. The maximum Gasteiger partial charge on any atom is 0.405 e. The van der Waals surface area contributed by atoms with Crippen LogP contribution in [-0.4, -0.2) is 39.6 Å². The van der Waals surface area contributed by atoms with Crippen molar-refractivity contribution in [3.8, 4) is 11.4 Å². The fraction of sp³-hybridized carbons (Fsp3) is 0.182. The molecule has 3 aromatic rings. The van der Waals surface area contributed by atoms with Gasteiger partial charge in [0.25, 0.3) is 5.91 Å². The Morgan fingerprint density at radius 3 is 2.48 bits per heavy atom. The number of hydrogen-bond donors (Lipinski definition) is 4. The maximum absolute atomic E-state index is 12.3. The van der Waals surface area contributed by atoms with E-state index in [-0.39, 0.29) is 5.56 Å². The summed E-state index contributed by atoms with van der Waals surface area (Å²) < 4.78 is 38.4. The summed E-state index contributed by atoms with van der Waals surface area (Å²) in [5.74, 6) is -0.0741. The first-order valence-electron chi connectivity index (χ1n) is 9.72. The first-order chi connectivity index (χ1) is 15.5. The van der Waals surface area contributed by atoms with E-state index in [4.69, 9.17) is 11.1 Å². The number of nitrogens with zero attached hydrogens (tertiary/aromatic N) is 3. The first-order valence-corrected chi connectivity index (χ1v) is 9.72. The number of alkyl halides is 3. The predicted octanol–water partition coefficient (Wildman–Crippen LogP) is 4.13. The molecule has 0 saturated carbocycles. The van der Waals surface area contributed by atoms with Crippen LogP contribution in [0.25, 0.3) is 17.0 Å². The lowest BCUT2D eigenvalue weighted by molar-refractivity contribution is -0.123. The Balaban J connectivity index is 1.84. The normalized spacial score (nSPS) is 11.2. The van der Waals surface area contributed by atoms with Crippen molar-refractivity contribution >= 4 is 35.0 Å². The zero-order valence-electron chi connectivity index (χ0n) is 17.9. The molecule has 0 aliphatic carbocycles. The number of halogens is 3. The van der Waals surface area contributed by atoms with Crippen molar-refractivity contribution < 1.29 is 18.0 Å². The molecule has 1 amide bonds. The minimum atomic E-state index is -4.48. The molecular formula is C22H22F3N7O. The molecule has 3 rings (SSSR count). The summed E-state index contributed by atoms with van der Waals surface area (Å²) in [6.45, 7) is 4.37. The van der Waals surface area contributed by atoms with Crippen LogP contribution in [-0.2, 0) is 7.05 Å². The van der Waals surface area contributed by atoms with Gasteiger partial charge in [0.2, 0.25) is 5.95 Å². The van der Waals surface area contributed by atoms with Gasteiger partial charge in [0, 0.05) is 46.9 Å². The molecule has 0 unspecified atom stereocenters. The van der Waals surface area contributed by atoms with Crippen LogP contribution in [0.15, 0.2) is 43.0 Å². The van der Waals surface area contributed by atoms with Crippen LogP contribution in [0.3, 0.4) is 0 Å². The van der Waals surface area contributed by atoms with Crippen LogP contribution in [0, 0.1) is 5.41 Å². The summed E-state index contributed by atoms with van der Waals surface area (Å²) in [6.07, 6.45) is -3.32. The standard InChI is InChI=1S/C22H22F3N7O/c1-12(2)18-15(10-26)16(27)8-9-17(18)29-21-30-19(31-32(21)3)13-4-6-14(7-5-13)20(33)28-11-22(23,24)25/h4-10,26H,1,11,27H2,2-3H3,(H,28,33)(H,29,30,31). The van der Waals surface area contributed by atoms with Crippen molar-refractivity contribution in [2.45, 2.75) is 13.1 Å². The Bertz CT molecular complexity index is 1210. The molecule has 172 valence electrons. The molecule has 11 heteroatoms. The molecule has 8 nitrogen and oxygen atoms in total. The molecule has 2 aromatic carbocycles. The maximum atomic E-state index is 12.3. The van der Waals surface area contributed by atoms with Crippen LogP contribution < -0.4 is 16.4 Å². The quantitative estimate of drug-likeness (QED) is 0.314. The van der Waals surface area contributed by atoms with Crippen molar-refractivity contribution in [1.82, 2.24) is 20.1 Å². The van der Waals surface area contributed by atoms with E-state index in [1.807, 2.05) is 12.2 Å². The molecule has 5 N–H and O–H groups in total. The summed E-state index contributed by atoms with van der Waals surface area (Å²) in [6, 6.07) is 9.35. The number of carbonyl (C=O) groups excluding carboxylic acids is 1. The van der Waals surface area contributed by atoms with Gasteiger partial charge in [0.15, 0.2) is 5.82 Å². The van der Waals surface area contributed by atoms with Gasteiger partial charge in [-0.2, -0.15) is 18.2 Å². The minimum absolute atomic E-state index is 0.0874. The number of amides is 1. The van der Waals surface area contributed by atoms with Gasteiger partial charge in [-0.3, -0.25) is 4.79 Å². The number of rotatable bonds is 7. The highest BCUT2D eigenvalue weighted by atomic mass is 19.4. The van der Waals surface area contributed by atoms with Gasteiger partial charge in [-0.05, 0) is 36.8 Å².